The van der Waals surface area contributed by atoms with Crippen LogP contribution in [0.2, 0.25) is 5.15 Å². The van der Waals surface area contributed by atoms with Crippen molar-refractivity contribution < 1.29 is 4.79 Å². The monoisotopic (exact) mass is 226 g/mol. The fourth-order valence-corrected chi connectivity index (χ4v) is 1.79. The molecule has 1 aromatic rings. The van der Waals surface area contributed by atoms with Gasteiger partial charge in [-0.1, -0.05) is 11.6 Å². The Balaban J connectivity index is 2.47. The number of amides is 1. The molecule has 0 atom stereocenters. The van der Waals surface area contributed by atoms with E-state index in [-0.39, 0.29) is 12.3 Å². The van der Waals surface area contributed by atoms with E-state index >= 15 is 0 Å². The van der Waals surface area contributed by atoms with Crippen molar-refractivity contribution in [1.82, 2.24) is 9.97 Å². The highest BCUT2D eigenvalue weighted by Gasteiger charge is 2.28. The van der Waals surface area contributed by atoms with Crippen molar-refractivity contribution in [3.63, 3.8) is 0 Å². The predicted octanol–water partition coefficient (Wildman–Crippen LogP) is 0.150. The van der Waals surface area contributed by atoms with Gasteiger partial charge in [0.25, 0.3) is 0 Å². The van der Waals surface area contributed by atoms with Crippen LogP contribution in [0.3, 0.4) is 0 Å². The van der Waals surface area contributed by atoms with Crippen LogP contribution in [0, 0.1) is 0 Å². The Kier molecular flexibility index (Phi) is 2.58. The second-order valence-electron chi connectivity index (χ2n) is 3.40. The zero-order valence-electron chi connectivity index (χ0n) is 8.33. The number of carbonyl (C=O) groups excluding carboxylic acids is 1. The highest BCUT2D eigenvalue weighted by Crippen LogP contribution is 2.30. The zero-order valence-corrected chi connectivity index (χ0v) is 9.08. The number of likely N-dealkylation sites (N-methyl/N-ethyl adjacent to an activating group) is 1. The zero-order chi connectivity index (χ0) is 11.0. The predicted molar refractivity (Wildman–Crippen MR) is 56.9 cm³/mol. The Bertz CT molecular complexity index is 421. The summed E-state index contributed by atoms with van der Waals surface area (Å²) >= 11 is 5.97. The first-order valence-corrected chi connectivity index (χ1v) is 5.03. The summed E-state index contributed by atoms with van der Waals surface area (Å²) in [5, 5.41) is 0.362. The number of carbonyl (C=O) groups is 1. The van der Waals surface area contributed by atoms with Crippen LogP contribution in [-0.4, -0.2) is 29.5 Å². The van der Waals surface area contributed by atoms with E-state index in [1.807, 2.05) is 0 Å². The van der Waals surface area contributed by atoms with E-state index in [1.54, 1.807) is 7.05 Å². The summed E-state index contributed by atoms with van der Waals surface area (Å²) < 4.78 is 0. The molecule has 0 saturated heterocycles. The Morgan fingerprint density at radius 2 is 2.27 bits per heavy atom. The number of hydrogen-bond donors (Lipinski definition) is 1. The second-order valence-corrected chi connectivity index (χ2v) is 3.76. The molecular formula is C9H11ClN4O. The molecule has 1 aromatic heterocycles. The largest absolute Gasteiger partial charge is 0.330 e. The molecule has 6 heteroatoms. The van der Waals surface area contributed by atoms with E-state index in [0.717, 1.165) is 0 Å². The van der Waals surface area contributed by atoms with Crippen molar-refractivity contribution in [3.05, 3.63) is 16.5 Å². The average Bonchev–Trinajstić information content (AvgIpc) is 2.46. The van der Waals surface area contributed by atoms with Crippen molar-refractivity contribution in [2.45, 2.75) is 12.8 Å². The number of nitrogens with zero attached hydrogens (tertiary/aromatic N) is 3. The maximum absolute atomic E-state index is 11.4. The molecule has 2 N–H and O–H groups in total. The lowest BCUT2D eigenvalue weighted by Crippen LogP contribution is -2.21. The van der Waals surface area contributed by atoms with Gasteiger partial charge in [-0.2, -0.15) is 0 Å². The van der Waals surface area contributed by atoms with Gasteiger partial charge >= 0.3 is 0 Å². The summed E-state index contributed by atoms with van der Waals surface area (Å²) in [5.74, 6) is 1.19. The molecule has 0 bridgehead atoms. The lowest BCUT2D eigenvalue weighted by atomic mass is 10.2. The van der Waals surface area contributed by atoms with Crippen LogP contribution in [-0.2, 0) is 17.6 Å². The lowest BCUT2D eigenvalue weighted by Gasteiger charge is -2.10. The average molecular weight is 227 g/mol. The molecule has 0 unspecified atom stereocenters. The van der Waals surface area contributed by atoms with Crippen LogP contribution in [0.4, 0.5) is 5.82 Å². The maximum atomic E-state index is 11.4. The van der Waals surface area contributed by atoms with Crippen molar-refractivity contribution in [1.29, 1.82) is 0 Å². The standard InChI is InChI=1S/C9H11ClN4O/c1-14-7(15)4-5-8(10)12-6(2-3-11)13-9(5)14/h2-4,11H2,1H3. The van der Waals surface area contributed by atoms with E-state index in [0.29, 0.717) is 35.3 Å². The van der Waals surface area contributed by atoms with Gasteiger partial charge in [-0.3, -0.25) is 9.69 Å². The molecule has 2 heterocycles. The van der Waals surface area contributed by atoms with Gasteiger partial charge in [0.05, 0.1) is 6.42 Å². The smallest absolute Gasteiger partial charge is 0.232 e. The fraction of sp³-hybridized carbons (Fsp3) is 0.444. The van der Waals surface area contributed by atoms with Crippen molar-refractivity contribution in [2.24, 2.45) is 5.73 Å². The molecule has 5 nitrogen and oxygen atoms in total. The normalized spacial score (nSPS) is 14.6. The van der Waals surface area contributed by atoms with E-state index < -0.39 is 0 Å². The van der Waals surface area contributed by atoms with Crippen LogP contribution < -0.4 is 10.6 Å². The third-order valence-corrected chi connectivity index (χ3v) is 2.68. The Labute approximate surface area is 92.3 Å². The molecule has 1 aliphatic heterocycles. The van der Waals surface area contributed by atoms with Gasteiger partial charge in [-0.05, 0) is 6.54 Å². The van der Waals surface area contributed by atoms with E-state index in [4.69, 9.17) is 17.3 Å². The summed E-state index contributed by atoms with van der Waals surface area (Å²) in [5.41, 5.74) is 6.13. The molecule has 1 aliphatic rings. The highest BCUT2D eigenvalue weighted by molar-refractivity contribution is 6.31. The molecule has 0 saturated carbocycles. The molecule has 80 valence electrons. The van der Waals surface area contributed by atoms with E-state index in [9.17, 15) is 4.79 Å². The molecule has 15 heavy (non-hydrogen) atoms. The lowest BCUT2D eigenvalue weighted by molar-refractivity contribution is -0.117. The molecule has 0 aromatic carbocycles. The van der Waals surface area contributed by atoms with Crippen molar-refractivity contribution in [3.8, 4) is 0 Å². The van der Waals surface area contributed by atoms with E-state index in [2.05, 4.69) is 9.97 Å². The van der Waals surface area contributed by atoms with Gasteiger partial charge < -0.3 is 5.73 Å². The number of rotatable bonds is 2. The number of hydrogen-bond acceptors (Lipinski definition) is 4. The van der Waals surface area contributed by atoms with Crippen LogP contribution in [0.25, 0.3) is 0 Å². The topological polar surface area (TPSA) is 72.1 Å². The van der Waals surface area contributed by atoms with Gasteiger partial charge in [-0.15, -0.1) is 0 Å². The first-order valence-electron chi connectivity index (χ1n) is 4.65. The highest BCUT2D eigenvalue weighted by atomic mass is 35.5. The molecule has 0 fully saturated rings. The number of aromatic nitrogens is 2. The third kappa shape index (κ3) is 1.68. The number of halogens is 1. The first-order chi connectivity index (χ1) is 7.13. The number of fused-ring (bicyclic) bond motifs is 1. The van der Waals surface area contributed by atoms with Crippen molar-refractivity contribution >= 4 is 23.3 Å². The Hall–Kier alpha value is -1.20. The fourth-order valence-electron chi connectivity index (χ4n) is 1.55. The van der Waals surface area contributed by atoms with E-state index in [1.165, 1.54) is 4.90 Å². The molecule has 2 rings (SSSR count). The van der Waals surface area contributed by atoms with Crippen LogP contribution >= 0.6 is 11.6 Å². The van der Waals surface area contributed by atoms with Gasteiger partial charge in [0.2, 0.25) is 5.91 Å². The second kappa shape index (κ2) is 3.75. The minimum atomic E-state index is -0.00824. The SMILES string of the molecule is CN1C(=O)Cc2c(Cl)nc(CCN)nc21. The van der Waals surface area contributed by atoms with Crippen LogP contribution in [0.15, 0.2) is 0 Å². The van der Waals surface area contributed by atoms with Gasteiger partial charge in [0.1, 0.15) is 16.8 Å². The van der Waals surface area contributed by atoms with Crippen molar-refractivity contribution in [2.75, 3.05) is 18.5 Å². The summed E-state index contributed by atoms with van der Waals surface area (Å²) in [4.78, 5) is 21.3. The molecule has 0 spiro atoms. The summed E-state index contributed by atoms with van der Waals surface area (Å²) in [6.07, 6.45) is 0.850. The Morgan fingerprint density at radius 3 is 2.93 bits per heavy atom. The third-order valence-electron chi connectivity index (χ3n) is 2.37. The number of nitrogens with two attached hydrogens (primary N) is 1. The van der Waals surface area contributed by atoms with Crippen LogP contribution in [0.1, 0.15) is 11.4 Å². The minimum Gasteiger partial charge on any atom is -0.330 e. The molecule has 0 aliphatic carbocycles. The maximum Gasteiger partial charge on any atom is 0.232 e. The van der Waals surface area contributed by atoms with Gasteiger partial charge in [-0.25, -0.2) is 9.97 Å². The first kappa shape index (κ1) is 10.3. The quantitative estimate of drug-likeness (QED) is 0.729. The molecular weight excluding hydrogens is 216 g/mol. The summed E-state index contributed by atoms with van der Waals surface area (Å²) in [6.45, 7) is 0.465. The summed E-state index contributed by atoms with van der Waals surface area (Å²) in [7, 11) is 1.68. The van der Waals surface area contributed by atoms with Gasteiger partial charge in [0, 0.05) is 19.0 Å². The number of anilines is 1. The molecule has 0 radical (unpaired) electrons. The minimum absolute atomic E-state index is 0.00824. The molecule has 1 amide bonds. The van der Waals surface area contributed by atoms with Gasteiger partial charge in [0.15, 0.2) is 0 Å². The van der Waals surface area contributed by atoms with Crippen LogP contribution in [0.5, 0.6) is 0 Å². The Morgan fingerprint density at radius 1 is 1.53 bits per heavy atom. The summed E-state index contributed by atoms with van der Waals surface area (Å²) in [6, 6.07) is 0.